The van der Waals surface area contributed by atoms with Crippen molar-refractivity contribution in [2.45, 2.75) is 50.8 Å². The van der Waals surface area contributed by atoms with Crippen LogP contribution in [-0.4, -0.2) is 44.5 Å². The molecule has 7 heteroatoms. The van der Waals surface area contributed by atoms with Crippen LogP contribution in [0.2, 0.25) is 0 Å². The van der Waals surface area contributed by atoms with Crippen molar-refractivity contribution in [2.75, 3.05) is 13.7 Å². The van der Waals surface area contributed by atoms with Crippen LogP contribution in [0.1, 0.15) is 39.5 Å². The van der Waals surface area contributed by atoms with E-state index in [1.165, 1.54) is 7.11 Å². The minimum Gasteiger partial charge on any atom is -0.480 e. The summed E-state index contributed by atoms with van der Waals surface area (Å²) >= 11 is 0. The van der Waals surface area contributed by atoms with Crippen LogP contribution in [-0.2, 0) is 19.6 Å². The van der Waals surface area contributed by atoms with Crippen LogP contribution in [0.4, 0.5) is 0 Å². The molecular formula is C11H23NO5S. The zero-order valence-corrected chi connectivity index (χ0v) is 12.0. The molecule has 0 bridgehead atoms. The highest BCUT2D eigenvalue weighted by molar-refractivity contribution is 7.90. The number of carbonyl (C=O) groups is 1. The normalized spacial score (nSPS) is 15.3. The summed E-state index contributed by atoms with van der Waals surface area (Å²) in [5, 5.41) is 8.30. The smallest absolute Gasteiger partial charge is 0.321 e. The maximum Gasteiger partial charge on any atom is 0.321 e. The molecule has 2 unspecified atom stereocenters. The quantitative estimate of drug-likeness (QED) is 0.622. The molecule has 2 N–H and O–H groups in total. The number of rotatable bonds is 10. The van der Waals surface area contributed by atoms with E-state index in [0.29, 0.717) is 25.9 Å². The van der Waals surface area contributed by atoms with E-state index < -0.39 is 27.3 Å². The van der Waals surface area contributed by atoms with E-state index in [2.05, 4.69) is 4.72 Å². The van der Waals surface area contributed by atoms with Crippen molar-refractivity contribution < 1.29 is 23.1 Å². The van der Waals surface area contributed by atoms with Crippen LogP contribution in [0.25, 0.3) is 0 Å². The first-order valence-electron chi connectivity index (χ1n) is 6.08. The van der Waals surface area contributed by atoms with E-state index >= 15 is 0 Å². The first-order valence-corrected chi connectivity index (χ1v) is 7.62. The van der Waals surface area contributed by atoms with Gasteiger partial charge >= 0.3 is 5.97 Å². The molecule has 0 spiro atoms. The van der Waals surface area contributed by atoms with Gasteiger partial charge in [0, 0.05) is 13.7 Å². The molecular weight excluding hydrogens is 258 g/mol. The summed E-state index contributed by atoms with van der Waals surface area (Å²) < 4.78 is 30.8. The molecule has 0 saturated carbocycles. The Bertz CT molecular complexity index is 341. The third kappa shape index (κ3) is 6.32. The lowest BCUT2D eigenvalue weighted by molar-refractivity contribution is -0.139. The maximum absolute atomic E-state index is 11.9. The van der Waals surface area contributed by atoms with Crippen LogP contribution in [0.3, 0.4) is 0 Å². The molecule has 0 saturated heterocycles. The summed E-state index contributed by atoms with van der Waals surface area (Å²) in [6.45, 7) is 3.80. The Morgan fingerprint density at radius 2 is 2.00 bits per heavy atom. The van der Waals surface area contributed by atoms with Gasteiger partial charge in [-0.05, 0) is 19.8 Å². The predicted octanol–water partition coefficient (Wildman–Crippen LogP) is 0.974. The van der Waals surface area contributed by atoms with E-state index in [1.54, 1.807) is 6.92 Å². The molecule has 0 aliphatic rings. The van der Waals surface area contributed by atoms with Crippen molar-refractivity contribution in [3.63, 3.8) is 0 Å². The molecule has 0 aromatic rings. The Morgan fingerprint density at radius 1 is 1.39 bits per heavy atom. The minimum atomic E-state index is -3.62. The first kappa shape index (κ1) is 17.3. The van der Waals surface area contributed by atoms with Crippen molar-refractivity contribution in [3.8, 4) is 0 Å². The number of methoxy groups -OCH3 is 1. The van der Waals surface area contributed by atoms with Gasteiger partial charge in [0.15, 0.2) is 0 Å². The number of aliphatic carboxylic acids is 1. The van der Waals surface area contributed by atoms with Gasteiger partial charge in [-0.1, -0.05) is 19.8 Å². The fraction of sp³-hybridized carbons (Fsp3) is 0.909. The molecule has 2 atom stereocenters. The molecule has 0 radical (unpaired) electrons. The lowest BCUT2D eigenvalue weighted by Crippen LogP contribution is -2.44. The largest absolute Gasteiger partial charge is 0.480 e. The number of nitrogens with one attached hydrogen (secondary N) is 1. The monoisotopic (exact) mass is 281 g/mol. The van der Waals surface area contributed by atoms with E-state index in [4.69, 9.17) is 9.84 Å². The van der Waals surface area contributed by atoms with Crippen LogP contribution in [0, 0.1) is 0 Å². The van der Waals surface area contributed by atoms with Crippen molar-refractivity contribution in [2.24, 2.45) is 0 Å². The molecule has 0 aromatic heterocycles. The summed E-state index contributed by atoms with van der Waals surface area (Å²) in [7, 11) is -2.12. The minimum absolute atomic E-state index is 0.308. The van der Waals surface area contributed by atoms with Crippen molar-refractivity contribution >= 4 is 16.0 Å². The Morgan fingerprint density at radius 3 is 2.44 bits per heavy atom. The van der Waals surface area contributed by atoms with Crippen molar-refractivity contribution in [3.05, 3.63) is 0 Å². The van der Waals surface area contributed by atoms with Gasteiger partial charge in [-0.3, -0.25) is 4.79 Å². The molecule has 0 aliphatic heterocycles. The Hall–Kier alpha value is -0.660. The van der Waals surface area contributed by atoms with Crippen LogP contribution in [0.15, 0.2) is 0 Å². The number of carboxylic acids is 1. The molecule has 0 heterocycles. The number of hydrogen-bond donors (Lipinski definition) is 2. The summed E-state index contributed by atoms with van der Waals surface area (Å²) in [6, 6.07) is -1.04. The van der Waals surface area contributed by atoms with Crippen molar-refractivity contribution in [1.82, 2.24) is 4.72 Å². The first-order chi connectivity index (χ1) is 8.35. The van der Waals surface area contributed by atoms with Gasteiger partial charge in [-0.15, -0.1) is 0 Å². The van der Waals surface area contributed by atoms with E-state index in [-0.39, 0.29) is 0 Å². The number of unbranched alkanes of at least 4 members (excludes halogenated alkanes) is 1. The molecule has 108 valence electrons. The predicted molar refractivity (Wildman–Crippen MR) is 69.0 cm³/mol. The number of hydrogen-bond acceptors (Lipinski definition) is 4. The van der Waals surface area contributed by atoms with E-state index in [0.717, 1.165) is 6.42 Å². The van der Waals surface area contributed by atoms with Crippen LogP contribution in [0.5, 0.6) is 0 Å². The van der Waals surface area contributed by atoms with Gasteiger partial charge in [-0.25, -0.2) is 13.1 Å². The van der Waals surface area contributed by atoms with Gasteiger partial charge in [0.25, 0.3) is 0 Å². The molecule has 0 aromatic carbocycles. The molecule has 0 fully saturated rings. The average Bonchev–Trinajstić information content (AvgIpc) is 2.30. The summed E-state index contributed by atoms with van der Waals surface area (Å²) in [6.07, 6.45) is 2.14. The zero-order chi connectivity index (χ0) is 14.2. The molecule has 0 amide bonds. The van der Waals surface area contributed by atoms with Gasteiger partial charge < -0.3 is 9.84 Å². The molecule has 0 rings (SSSR count). The zero-order valence-electron chi connectivity index (χ0n) is 11.2. The second-order valence-electron chi connectivity index (χ2n) is 4.29. The van der Waals surface area contributed by atoms with Gasteiger partial charge in [-0.2, -0.15) is 0 Å². The van der Waals surface area contributed by atoms with Gasteiger partial charge in [0.2, 0.25) is 10.0 Å². The standard InChI is InChI=1S/C11H23NO5S/c1-4-5-6-10(11(13)14)12-18(15,16)9(2)7-8-17-3/h9-10,12H,4-8H2,1-3H3,(H,13,14). The highest BCUT2D eigenvalue weighted by Gasteiger charge is 2.27. The average molecular weight is 281 g/mol. The number of carboxylic acid groups (broad SMARTS) is 1. The highest BCUT2D eigenvalue weighted by Crippen LogP contribution is 2.08. The molecule has 18 heavy (non-hydrogen) atoms. The second-order valence-corrected chi connectivity index (χ2v) is 6.42. The molecule has 6 nitrogen and oxygen atoms in total. The fourth-order valence-corrected chi connectivity index (χ4v) is 2.65. The Balaban J connectivity index is 4.54. The lowest BCUT2D eigenvalue weighted by Gasteiger charge is -2.18. The third-order valence-corrected chi connectivity index (χ3v) is 4.62. The topological polar surface area (TPSA) is 92.7 Å². The summed E-state index contributed by atoms with van der Waals surface area (Å²) in [4.78, 5) is 11.0. The summed E-state index contributed by atoms with van der Waals surface area (Å²) in [5.41, 5.74) is 0. The molecule has 0 aliphatic carbocycles. The fourth-order valence-electron chi connectivity index (χ4n) is 1.39. The van der Waals surface area contributed by atoms with Crippen LogP contribution >= 0.6 is 0 Å². The maximum atomic E-state index is 11.9. The van der Waals surface area contributed by atoms with Crippen LogP contribution < -0.4 is 4.72 Å². The van der Waals surface area contributed by atoms with E-state index in [9.17, 15) is 13.2 Å². The number of ether oxygens (including phenoxy) is 1. The Labute approximate surface area is 109 Å². The Kier molecular flexibility index (Phi) is 8.13. The third-order valence-electron chi connectivity index (χ3n) is 2.71. The summed E-state index contributed by atoms with van der Waals surface area (Å²) in [5.74, 6) is -1.13. The van der Waals surface area contributed by atoms with Crippen molar-refractivity contribution in [1.29, 1.82) is 0 Å². The number of sulfonamides is 1. The van der Waals surface area contributed by atoms with Gasteiger partial charge in [0.05, 0.1) is 5.25 Å². The second kappa shape index (κ2) is 8.44. The highest BCUT2D eigenvalue weighted by atomic mass is 32.2. The van der Waals surface area contributed by atoms with Gasteiger partial charge in [0.1, 0.15) is 6.04 Å². The van der Waals surface area contributed by atoms with E-state index in [1.807, 2.05) is 6.92 Å². The lowest BCUT2D eigenvalue weighted by atomic mass is 10.1. The SMILES string of the molecule is CCCCC(NS(=O)(=O)C(C)CCOC)C(=O)O.